The van der Waals surface area contributed by atoms with Crippen LogP contribution in [0.3, 0.4) is 0 Å². The molecular formula is C16H22N4O3. The third-order valence-corrected chi connectivity index (χ3v) is 4.03. The number of aromatic amines is 2. The Morgan fingerprint density at radius 2 is 1.96 bits per heavy atom. The van der Waals surface area contributed by atoms with E-state index in [4.69, 9.17) is 4.74 Å². The number of nitrogens with zero attached hydrogens (tertiary/aromatic N) is 1. The summed E-state index contributed by atoms with van der Waals surface area (Å²) in [4.78, 5) is 31.4. The van der Waals surface area contributed by atoms with Gasteiger partial charge in [0.2, 0.25) is 5.91 Å². The Balaban J connectivity index is 1.87. The van der Waals surface area contributed by atoms with E-state index in [0.29, 0.717) is 25.2 Å². The van der Waals surface area contributed by atoms with Gasteiger partial charge in [0.05, 0.1) is 35.4 Å². The largest absolute Gasteiger partial charge is 0.381 e. The molecule has 7 heteroatoms. The van der Waals surface area contributed by atoms with Crippen molar-refractivity contribution in [1.29, 1.82) is 0 Å². The lowest BCUT2D eigenvalue weighted by Crippen LogP contribution is -2.21. The molecule has 0 saturated carbocycles. The SMILES string of the molecule is CCOCCC(=O)Nc1cc2[nH]c(=O)[nH]c2cc1N1CCCC1. The van der Waals surface area contributed by atoms with Crippen molar-refractivity contribution in [3.8, 4) is 0 Å². The number of aromatic nitrogens is 2. The fourth-order valence-electron chi connectivity index (χ4n) is 2.91. The van der Waals surface area contributed by atoms with Gasteiger partial charge < -0.3 is 24.9 Å². The lowest BCUT2D eigenvalue weighted by Gasteiger charge is -2.21. The van der Waals surface area contributed by atoms with Crippen LogP contribution in [-0.4, -0.2) is 42.2 Å². The lowest BCUT2D eigenvalue weighted by atomic mass is 10.2. The first kappa shape index (κ1) is 15.6. The standard InChI is InChI=1S/C16H22N4O3/c1-2-23-8-5-15(21)17-13-9-11-12(19-16(22)18-11)10-14(13)20-6-3-4-7-20/h9-10H,2-8H2,1H3,(H,17,21)(H2,18,19,22). The second kappa shape index (κ2) is 6.87. The molecule has 1 aliphatic heterocycles. The highest BCUT2D eigenvalue weighted by atomic mass is 16.5. The van der Waals surface area contributed by atoms with E-state index in [0.717, 1.165) is 42.8 Å². The Morgan fingerprint density at radius 3 is 2.65 bits per heavy atom. The molecule has 0 bridgehead atoms. The quantitative estimate of drug-likeness (QED) is 0.709. The fourth-order valence-corrected chi connectivity index (χ4v) is 2.91. The van der Waals surface area contributed by atoms with E-state index in [-0.39, 0.29) is 11.6 Å². The number of rotatable bonds is 6. The average Bonchev–Trinajstić information content (AvgIpc) is 3.14. The Morgan fingerprint density at radius 1 is 1.26 bits per heavy atom. The minimum Gasteiger partial charge on any atom is -0.381 e. The summed E-state index contributed by atoms with van der Waals surface area (Å²) in [6, 6.07) is 3.75. The van der Waals surface area contributed by atoms with Crippen LogP contribution < -0.4 is 15.9 Å². The maximum absolute atomic E-state index is 12.1. The van der Waals surface area contributed by atoms with E-state index in [1.165, 1.54) is 0 Å². The van der Waals surface area contributed by atoms with Gasteiger partial charge in [0.1, 0.15) is 0 Å². The van der Waals surface area contributed by atoms with Gasteiger partial charge in [0.15, 0.2) is 0 Å². The van der Waals surface area contributed by atoms with Gasteiger partial charge in [-0.1, -0.05) is 0 Å². The Hall–Kier alpha value is -2.28. The van der Waals surface area contributed by atoms with Crippen LogP contribution in [-0.2, 0) is 9.53 Å². The Bertz CT molecular complexity index is 743. The summed E-state index contributed by atoms with van der Waals surface area (Å²) >= 11 is 0. The van der Waals surface area contributed by atoms with Crippen molar-refractivity contribution in [2.75, 3.05) is 36.5 Å². The maximum atomic E-state index is 12.1. The summed E-state index contributed by atoms with van der Waals surface area (Å²) in [7, 11) is 0. The van der Waals surface area contributed by atoms with Gasteiger partial charge >= 0.3 is 5.69 Å². The molecule has 23 heavy (non-hydrogen) atoms. The second-order valence-corrected chi connectivity index (χ2v) is 5.68. The van der Waals surface area contributed by atoms with Gasteiger partial charge in [-0.05, 0) is 31.9 Å². The number of hydrogen-bond donors (Lipinski definition) is 3. The molecule has 0 atom stereocenters. The van der Waals surface area contributed by atoms with E-state index in [1.54, 1.807) is 0 Å². The van der Waals surface area contributed by atoms with Gasteiger partial charge in [0.25, 0.3) is 0 Å². The molecule has 1 amide bonds. The summed E-state index contributed by atoms with van der Waals surface area (Å²) in [5.74, 6) is -0.0869. The van der Waals surface area contributed by atoms with Gasteiger partial charge in [-0.25, -0.2) is 4.79 Å². The number of carbonyl (C=O) groups is 1. The second-order valence-electron chi connectivity index (χ2n) is 5.68. The molecule has 0 unspecified atom stereocenters. The number of amides is 1. The van der Waals surface area contributed by atoms with E-state index in [1.807, 2.05) is 19.1 Å². The van der Waals surface area contributed by atoms with Crippen molar-refractivity contribution in [2.24, 2.45) is 0 Å². The zero-order valence-electron chi connectivity index (χ0n) is 13.3. The summed E-state index contributed by atoms with van der Waals surface area (Å²) < 4.78 is 5.22. The number of nitrogens with one attached hydrogen (secondary N) is 3. The molecule has 1 saturated heterocycles. The minimum atomic E-state index is -0.243. The molecule has 0 aliphatic carbocycles. The maximum Gasteiger partial charge on any atom is 0.323 e. The smallest absolute Gasteiger partial charge is 0.323 e. The zero-order valence-corrected chi connectivity index (χ0v) is 13.3. The zero-order chi connectivity index (χ0) is 16.2. The van der Waals surface area contributed by atoms with Gasteiger partial charge in [-0.3, -0.25) is 4.79 Å². The first-order valence-corrected chi connectivity index (χ1v) is 8.06. The van der Waals surface area contributed by atoms with Crippen molar-refractivity contribution in [2.45, 2.75) is 26.2 Å². The van der Waals surface area contributed by atoms with E-state index >= 15 is 0 Å². The number of anilines is 2. The summed E-state index contributed by atoms with van der Waals surface area (Å²) in [5.41, 5.74) is 2.89. The summed E-state index contributed by atoms with van der Waals surface area (Å²) in [6.07, 6.45) is 2.59. The number of H-pyrrole nitrogens is 2. The molecule has 1 fully saturated rings. The molecule has 3 N–H and O–H groups in total. The summed E-state index contributed by atoms with van der Waals surface area (Å²) in [5, 5.41) is 2.95. The molecule has 7 nitrogen and oxygen atoms in total. The van der Waals surface area contributed by atoms with Crippen molar-refractivity contribution in [1.82, 2.24) is 9.97 Å². The number of hydrogen-bond acceptors (Lipinski definition) is 4. The van der Waals surface area contributed by atoms with E-state index in [9.17, 15) is 9.59 Å². The summed E-state index contributed by atoms with van der Waals surface area (Å²) in [6.45, 7) is 4.83. The third-order valence-electron chi connectivity index (χ3n) is 4.03. The van der Waals surface area contributed by atoms with Gasteiger partial charge in [0, 0.05) is 19.7 Å². The predicted molar refractivity (Wildman–Crippen MR) is 90.1 cm³/mol. The molecule has 2 aromatic rings. The third kappa shape index (κ3) is 3.56. The Labute approximate surface area is 134 Å². The topological polar surface area (TPSA) is 90.2 Å². The molecule has 0 spiro atoms. The predicted octanol–water partition coefficient (Wildman–Crippen LogP) is 1.82. The van der Waals surface area contributed by atoms with Crippen molar-refractivity contribution in [3.63, 3.8) is 0 Å². The van der Waals surface area contributed by atoms with Crippen LogP contribution in [0.25, 0.3) is 11.0 Å². The number of benzene rings is 1. The normalized spacial score (nSPS) is 14.6. The van der Waals surface area contributed by atoms with Gasteiger partial charge in [-0.15, -0.1) is 0 Å². The number of imidazole rings is 1. The Kier molecular flexibility index (Phi) is 4.66. The molecule has 1 aromatic heterocycles. The first-order chi connectivity index (χ1) is 11.2. The number of carbonyl (C=O) groups excluding carboxylic acids is 1. The monoisotopic (exact) mass is 318 g/mol. The van der Waals surface area contributed by atoms with Crippen molar-refractivity contribution < 1.29 is 9.53 Å². The molecule has 124 valence electrons. The highest BCUT2D eigenvalue weighted by molar-refractivity contribution is 5.98. The van der Waals surface area contributed by atoms with Crippen LogP contribution in [0.5, 0.6) is 0 Å². The molecule has 2 heterocycles. The molecule has 0 radical (unpaired) electrons. The molecule has 1 aromatic carbocycles. The number of ether oxygens (including phenoxy) is 1. The van der Waals surface area contributed by atoms with Gasteiger partial charge in [-0.2, -0.15) is 0 Å². The lowest BCUT2D eigenvalue weighted by molar-refractivity contribution is -0.117. The molecule has 1 aliphatic rings. The van der Waals surface area contributed by atoms with Crippen LogP contribution >= 0.6 is 0 Å². The van der Waals surface area contributed by atoms with Crippen molar-refractivity contribution in [3.05, 3.63) is 22.6 Å². The van der Waals surface area contributed by atoms with Crippen molar-refractivity contribution >= 4 is 28.3 Å². The van der Waals surface area contributed by atoms with E-state index in [2.05, 4.69) is 20.2 Å². The highest BCUT2D eigenvalue weighted by Gasteiger charge is 2.18. The van der Waals surface area contributed by atoms with E-state index < -0.39 is 0 Å². The fraction of sp³-hybridized carbons (Fsp3) is 0.500. The minimum absolute atomic E-state index is 0.0869. The highest BCUT2D eigenvalue weighted by Crippen LogP contribution is 2.32. The number of fused-ring (bicyclic) bond motifs is 1. The average molecular weight is 318 g/mol. The van der Waals surface area contributed by atoms with Crippen LogP contribution in [0, 0.1) is 0 Å². The first-order valence-electron chi connectivity index (χ1n) is 8.06. The van der Waals surface area contributed by atoms with Crippen LogP contribution in [0.2, 0.25) is 0 Å². The van der Waals surface area contributed by atoms with Crippen LogP contribution in [0.4, 0.5) is 11.4 Å². The van der Waals surface area contributed by atoms with Crippen LogP contribution in [0.15, 0.2) is 16.9 Å². The molecular weight excluding hydrogens is 296 g/mol. The molecule has 3 rings (SSSR count). The van der Waals surface area contributed by atoms with Crippen LogP contribution in [0.1, 0.15) is 26.2 Å².